The van der Waals surface area contributed by atoms with Gasteiger partial charge in [0.05, 0.1) is 24.1 Å². The second-order valence-corrected chi connectivity index (χ2v) is 4.63. The van der Waals surface area contributed by atoms with Crippen LogP contribution < -0.4 is 5.73 Å². The molecule has 0 aliphatic heterocycles. The smallest absolute Gasteiger partial charge is 0.107 e. The van der Waals surface area contributed by atoms with E-state index in [0.717, 1.165) is 17.1 Å². The molecule has 2 aromatic rings. The van der Waals surface area contributed by atoms with E-state index in [4.69, 9.17) is 5.73 Å². The Morgan fingerprint density at radius 3 is 2.53 bits per heavy atom. The van der Waals surface area contributed by atoms with Crippen molar-refractivity contribution < 1.29 is 0 Å². The van der Waals surface area contributed by atoms with Crippen molar-refractivity contribution in [1.29, 1.82) is 0 Å². The average molecular weight is 234 g/mol. The summed E-state index contributed by atoms with van der Waals surface area (Å²) in [5, 5.41) is 12.5. The van der Waals surface area contributed by atoms with Crippen LogP contribution in [0.5, 0.6) is 0 Å². The number of aromatic nitrogens is 5. The quantitative estimate of drug-likeness (QED) is 0.858. The third-order valence-corrected chi connectivity index (χ3v) is 2.81. The molecule has 2 rings (SSSR count). The molecule has 0 spiro atoms. The van der Waals surface area contributed by atoms with Crippen LogP contribution in [0.4, 0.5) is 0 Å². The summed E-state index contributed by atoms with van der Waals surface area (Å²) in [6, 6.07) is -0.0827. The van der Waals surface area contributed by atoms with Crippen LogP contribution in [0.3, 0.4) is 0 Å². The van der Waals surface area contributed by atoms with E-state index in [2.05, 4.69) is 29.3 Å². The Bertz CT molecular complexity index is 510. The molecule has 0 amide bonds. The predicted octanol–water partition coefficient (Wildman–Crippen LogP) is 0.965. The van der Waals surface area contributed by atoms with Crippen molar-refractivity contribution in [2.75, 3.05) is 0 Å². The number of aryl methyl sites for hydroxylation is 2. The number of hydrogen-bond donors (Lipinski definition) is 1. The van der Waals surface area contributed by atoms with Crippen LogP contribution in [0.15, 0.2) is 12.4 Å². The monoisotopic (exact) mass is 234 g/mol. The summed E-state index contributed by atoms with van der Waals surface area (Å²) in [5.74, 6) is 0.343. The van der Waals surface area contributed by atoms with Gasteiger partial charge in [-0.15, -0.1) is 5.10 Å². The number of nitrogens with zero attached hydrogens (tertiary/aromatic N) is 5. The Morgan fingerprint density at radius 2 is 2.00 bits per heavy atom. The van der Waals surface area contributed by atoms with Gasteiger partial charge in [0.1, 0.15) is 11.4 Å². The van der Waals surface area contributed by atoms with Crippen molar-refractivity contribution in [3.8, 4) is 5.69 Å². The molecule has 0 saturated carbocycles. The van der Waals surface area contributed by atoms with Gasteiger partial charge in [-0.25, -0.2) is 4.68 Å². The largest absolute Gasteiger partial charge is 0.322 e. The highest BCUT2D eigenvalue weighted by atomic mass is 15.4. The maximum atomic E-state index is 6.04. The molecule has 2 N–H and O–H groups in total. The number of nitrogens with two attached hydrogens (primary N) is 1. The zero-order valence-electron chi connectivity index (χ0n) is 10.6. The summed E-state index contributed by atoms with van der Waals surface area (Å²) < 4.78 is 3.48. The normalized spacial score (nSPS) is 13.3. The van der Waals surface area contributed by atoms with Crippen LogP contribution in [0.25, 0.3) is 5.69 Å². The van der Waals surface area contributed by atoms with Crippen LogP contribution in [0.1, 0.15) is 31.3 Å². The maximum Gasteiger partial charge on any atom is 0.107 e. The fourth-order valence-electron chi connectivity index (χ4n) is 1.70. The van der Waals surface area contributed by atoms with Crippen molar-refractivity contribution in [2.24, 2.45) is 18.7 Å². The lowest BCUT2D eigenvalue weighted by molar-refractivity contribution is 0.502. The highest BCUT2D eigenvalue weighted by Gasteiger charge is 2.16. The number of hydrogen-bond acceptors (Lipinski definition) is 4. The highest BCUT2D eigenvalue weighted by Crippen LogP contribution is 2.18. The van der Waals surface area contributed by atoms with Crippen LogP contribution in [-0.2, 0) is 7.05 Å². The van der Waals surface area contributed by atoms with E-state index in [0.29, 0.717) is 5.92 Å². The molecule has 1 atom stereocenters. The second kappa shape index (κ2) is 4.29. The van der Waals surface area contributed by atoms with Crippen molar-refractivity contribution >= 4 is 0 Å². The molecule has 2 heterocycles. The Balaban J connectivity index is 2.33. The van der Waals surface area contributed by atoms with Gasteiger partial charge in [-0.1, -0.05) is 19.1 Å². The van der Waals surface area contributed by atoms with E-state index in [9.17, 15) is 0 Å². The summed E-state index contributed by atoms with van der Waals surface area (Å²) in [6.07, 6.45) is 3.78. The molecule has 6 heteroatoms. The van der Waals surface area contributed by atoms with Crippen molar-refractivity contribution in [1.82, 2.24) is 24.8 Å². The van der Waals surface area contributed by atoms with Crippen LogP contribution in [-0.4, -0.2) is 24.8 Å². The minimum absolute atomic E-state index is 0.0827. The lowest BCUT2D eigenvalue weighted by Gasteiger charge is -2.10. The van der Waals surface area contributed by atoms with Crippen molar-refractivity contribution in [3.63, 3.8) is 0 Å². The maximum absolute atomic E-state index is 6.04. The fourth-order valence-corrected chi connectivity index (χ4v) is 1.70. The molecule has 0 bridgehead atoms. The first-order valence-corrected chi connectivity index (χ1v) is 5.67. The standard InChI is InChI=1S/C11H18N6/c1-7(2)11(12)9-5-17(15-13-9)10-6-16(4)14-8(10)3/h5-7,11H,12H2,1-4H3. The van der Waals surface area contributed by atoms with Crippen LogP contribution in [0.2, 0.25) is 0 Å². The SMILES string of the molecule is Cc1nn(C)cc1-n1cc(C(N)C(C)C)nn1. The molecule has 0 radical (unpaired) electrons. The summed E-state index contributed by atoms with van der Waals surface area (Å²) in [4.78, 5) is 0. The zero-order valence-corrected chi connectivity index (χ0v) is 10.6. The Kier molecular flexibility index (Phi) is 2.97. The molecular formula is C11H18N6. The first-order valence-electron chi connectivity index (χ1n) is 5.67. The summed E-state index contributed by atoms with van der Waals surface area (Å²) >= 11 is 0. The third-order valence-electron chi connectivity index (χ3n) is 2.81. The van der Waals surface area contributed by atoms with E-state index in [1.165, 1.54) is 0 Å². The first-order chi connectivity index (χ1) is 7.99. The van der Waals surface area contributed by atoms with Crippen LogP contribution >= 0.6 is 0 Å². The zero-order chi connectivity index (χ0) is 12.6. The molecule has 0 saturated heterocycles. The number of rotatable bonds is 3. The summed E-state index contributed by atoms with van der Waals surface area (Å²) in [5.41, 5.74) is 8.70. The lowest BCUT2D eigenvalue weighted by atomic mass is 10.0. The molecule has 0 aromatic carbocycles. The molecule has 0 fully saturated rings. The van der Waals surface area contributed by atoms with Gasteiger partial charge in [0.2, 0.25) is 0 Å². The van der Waals surface area contributed by atoms with E-state index in [1.54, 1.807) is 9.36 Å². The average Bonchev–Trinajstić information content (AvgIpc) is 2.83. The Hall–Kier alpha value is -1.69. The second-order valence-electron chi connectivity index (χ2n) is 4.63. The van der Waals surface area contributed by atoms with Gasteiger partial charge in [0, 0.05) is 7.05 Å². The Morgan fingerprint density at radius 1 is 1.29 bits per heavy atom. The minimum Gasteiger partial charge on any atom is -0.322 e. The summed E-state index contributed by atoms with van der Waals surface area (Å²) in [7, 11) is 1.88. The highest BCUT2D eigenvalue weighted by molar-refractivity contribution is 5.32. The fraction of sp³-hybridized carbons (Fsp3) is 0.545. The minimum atomic E-state index is -0.0827. The Labute approximate surface area is 100 Å². The van der Waals surface area contributed by atoms with Gasteiger partial charge in [0.25, 0.3) is 0 Å². The van der Waals surface area contributed by atoms with Gasteiger partial charge in [-0.3, -0.25) is 4.68 Å². The topological polar surface area (TPSA) is 74.5 Å². The molecule has 2 aromatic heterocycles. The van der Waals surface area contributed by atoms with Crippen molar-refractivity contribution in [3.05, 3.63) is 23.8 Å². The summed E-state index contributed by atoms with van der Waals surface area (Å²) in [6.45, 7) is 6.08. The predicted molar refractivity (Wildman–Crippen MR) is 64.6 cm³/mol. The molecule has 6 nitrogen and oxygen atoms in total. The lowest BCUT2D eigenvalue weighted by Crippen LogP contribution is -2.17. The van der Waals surface area contributed by atoms with E-state index < -0.39 is 0 Å². The molecule has 17 heavy (non-hydrogen) atoms. The molecular weight excluding hydrogens is 216 g/mol. The van der Waals surface area contributed by atoms with Gasteiger partial charge in [-0.2, -0.15) is 5.10 Å². The van der Waals surface area contributed by atoms with Gasteiger partial charge in [0.15, 0.2) is 0 Å². The molecule has 1 unspecified atom stereocenters. The van der Waals surface area contributed by atoms with E-state index in [1.807, 2.05) is 26.4 Å². The first kappa shape index (κ1) is 11.8. The third kappa shape index (κ3) is 2.21. The molecule has 0 aliphatic rings. The van der Waals surface area contributed by atoms with Gasteiger partial charge >= 0.3 is 0 Å². The molecule has 0 aliphatic carbocycles. The van der Waals surface area contributed by atoms with Crippen LogP contribution in [0, 0.1) is 12.8 Å². The van der Waals surface area contributed by atoms with Crippen molar-refractivity contribution in [2.45, 2.75) is 26.8 Å². The van der Waals surface area contributed by atoms with E-state index in [-0.39, 0.29) is 6.04 Å². The van der Waals surface area contributed by atoms with Gasteiger partial charge in [-0.05, 0) is 12.8 Å². The molecule has 92 valence electrons. The van der Waals surface area contributed by atoms with Gasteiger partial charge < -0.3 is 5.73 Å². The van der Waals surface area contributed by atoms with E-state index >= 15 is 0 Å².